The van der Waals surface area contributed by atoms with E-state index in [-0.39, 0.29) is 34.8 Å². The highest BCUT2D eigenvalue weighted by Gasteiger charge is 2.63. The molecule has 0 unspecified atom stereocenters. The van der Waals surface area contributed by atoms with E-state index in [1.807, 2.05) is 13.0 Å². The Bertz CT molecular complexity index is 573. The first-order valence-corrected chi connectivity index (χ1v) is 8.87. The molecule has 0 aromatic rings. The largest absolute Gasteiger partial charge is 0.508 e. The van der Waals surface area contributed by atoms with Crippen molar-refractivity contribution in [2.45, 2.75) is 57.9 Å². The van der Waals surface area contributed by atoms with Crippen LogP contribution < -0.4 is 0 Å². The van der Waals surface area contributed by atoms with Gasteiger partial charge in [0.15, 0.2) is 0 Å². The van der Waals surface area contributed by atoms with Crippen LogP contribution in [0.2, 0.25) is 0 Å². The Morgan fingerprint density at radius 1 is 1.17 bits per heavy atom. The molecule has 0 radical (unpaired) electrons. The van der Waals surface area contributed by atoms with Crippen LogP contribution in [0.5, 0.6) is 0 Å². The lowest BCUT2D eigenvalue weighted by Crippen LogP contribution is -2.57. The molecular weight excluding hydrogens is 295 g/mol. The first-order chi connectivity index (χ1) is 10.8. The van der Waals surface area contributed by atoms with Crippen LogP contribution >= 0.6 is 0 Å². The topological polar surface area (TPSA) is 60.7 Å². The lowest BCUT2D eigenvalue weighted by Gasteiger charge is -2.59. The molecule has 3 nitrogen and oxygen atoms in total. The van der Waals surface area contributed by atoms with E-state index in [2.05, 4.69) is 13.0 Å². The van der Waals surface area contributed by atoms with Crippen molar-refractivity contribution < 1.29 is 19.7 Å². The van der Waals surface area contributed by atoms with Gasteiger partial charge in [0.05, 0.1) is 12.2 Å². The zero-order chi connectivity index (χ0) is 16.6. The molecule has 4 aliphatic rings. The van der Waals surface area contributed by atoms with Crippen molar-refractivity contribution in [2.75, 3.05) is 0 Å². The highest BCUT2D eigenvalue weighted by molar-refractivity contribution is 5.28. The molecule has 0 amide bonds. The highest BCUT2D eigenvalue weighted by Crippen LogP contribution is 2.65. The predicted molar refractivity (Wildman–Crippen MR) is 85.4 cm³/mol. The third-order valence-electron chi connectivity index (χ3n) is 7.79. The Morgan fingerprint density at radius 3 is 2.65 bits per heavy atom. The SMILES string of the molecule is C[C@]12C=CC(O)=C[C@@H]1C[C@H](O)[C@@H]1[C@@H]2CC[C@]2(C)[C@@H](O)[C@H](F)C[C@@H]12. The van der Waals surface area contributed by atoms with Crippen molar-refractivity contribution in [3.63, 3.8) is 0 Å². The average Bonchev–Trinajstić information content (AvgIpc) is 2.73. The fraction of sp³-hybridized carbons (Fsp3) is 0.789. The van der Waals surface area contributed by atoms with Gasteiger partial charge in [0, 0.05) is 0 Å². The van der Waals surface area contributed by atoms with Crippen molar-refractivity contribution in [3.8, 4) is 0 Å². The summed E-state index contributed by atoms with van der Waals surface area (Å²) in [5.41, 5.74) is -0.516. The lowest BCUT2D eigenvalue weighted by molar-refractivity contribution is -0.138. The van der Waals surface area contributed by atoms with Crippen molar-refractivity contribution >= 4 is 0 Å². The van der Waals surface area contributed by atoms with Gasteiger partial charge in [0.1, 0.15) is 11.9 Å². The number of halogens is 1. The molecule has 4 rings (SSSR count). The molecule has 0 aromatic carbocycles. The van der Waals surface area contributed by atoms with Gasteiger partial charge in [-0.05, 0) is 72.3 Å². The Kier molecular flexibility index (Phi) is 3.28. The quantitative estimate of drug-likeness (QED) is 0.642. The second-order valence-electron chi connectivity index (χ2n) is 8.73. The summed E-state index contributed by atoms with van der Waals surface area (Å²) in [4.78, 5) is 0. The molecule has 0 spiro atoms. The number of hydrogen-bond donors (Lipinski definition) is 3. The van der Waals surface area contributed by atoms with Gasteiger partial charge in [0.2, 0.25) is 0 Å². The van der Waals surface area contributed by atoms with Crippen LogP contribution in [0.15, 0.2) is 24.0 Å². The van der Waals surface area contributed by atoms with Crippen LogP contribution in [-0.2, 0) is 0 Å². The van der Waals surface area contributed by atoms with Gasteiger partial charge in [-0.1, -0.05) is 19.9 Å². The molecular formula is C19H27FO3. The first-order valence-electron chi connectivity index (χ1n) is 8.87. The van der Waals surface area contributed by atoms with E-state index >= 15 is 0 Å². The minimum atomic E-state index is -1.17. The molecule has 9 atom stereocenters. The Balaban J connectivity index is 1.73. The predicted octanol–water partition coefficient (Wildman–Crippen LogP) is 3.14. The maximum absolute atomic E-state index is 14.2. The van der Waals surface area contributed by atoms with E-state index in [0.717, 1.165) is 12.8 Å². The number of aliphatic hydroxyl groups is 3. The highest BCUT2D eigenvalue weighted by atomic mass is 19.1. The summed E-state index contributed by atoms with van der Waals surface area (Å²) in [6.07, 6.45) is 5.82. The molecule has 3 N–H and O–H groups in total. The summed E-state index contributed by atoms with van der Waals surface area (Å²) in [7, 11) is 0. The number of aliphatic hydroxyl groups excluding tert-OH is 3. The van der Waals surface area contributed by atoms with Gasteiger partial charge >= 0.3 is 0 Å². The fourth-order valence-corrected chi connectivity index (χ4v) is 6.37. The molecule has 4 heteroatoms. The molecule has 3 fully saturated rings. The maximum atomic E-state index is 14.2. The van der Waals surface area contributed by atoms with Crippen LogP contribution in [0.1, 0.15) is 39.5 Å². The van der Waals surface area contributed by atoms with Gasteiger partial charge < -0.3 is 15.3 Å². The fourth-order valence-electron chi connectivity index (χ4n) is 6.37. The molecule has 4 aliphatic carbocycles. The molecule has 128 valence electrons. The zero-order valence-corrected chi connectivity index (χ0v) is 13.8. The number of hydrogen-bond acceptors (Lipinski definition) is 3. The number of rotatable bonds is 0. The maximum Gasteiger partial charge on any atom is 0.127 e. The van der Waals surface area contributed by atoms with Gasteiger partial charge in [-0.15, -0.1) is 0 Å². The van der Waals surface area contributed by atoms with Crippen LogP contribution in [0.4, 0.5) is 4.39 Å². The Hall–Kier alpha value is -0.870. The lowest BCUT2D eigenvalue weighted by atomic mass is 9.46. The minimum absolute atomic E-state index is 0.0312. The van der Waals surface area contributed by atoms with Gasteiger partial charge in [-0.25, -0.2) is 4.39 Å². The van der Waals surface area contributed by atoms with Gasteiger partial charge in [-0.2, -0.15) is 0 Å². The van der Waals surface area contributed by atoms with Crippen molar-refractivity contribution in [3.05, 3.63) is 24.0 Å². The molecule has 0 heterocycles. The van der Waals surface area contributed by atoms with E-state index in [0.29, 0.717) is 12.8 Å². The summed E-state index contributed by atoms with van der Waals surface area (Å²) in [5, 5.41) is 31.0. The molecule has 0 aliphatic heterocycles. The molecule has 0 saturated heterocycles. The van der Waals surface area contributed by atoms with Crippen LogP contribution in [0.3, 0.4) is 0 Å². The number of allylic oxidation sites excluding steroid dienone is 3. The molecule has 3 saturated carbocycles. The Morgan fingerprint density at radius 2 is 1.91 bits per heavy atom. The normalized spacial score (nSPS) is 58.1. The standard InChI is InChI=1S/C19H27FO3/c1-18-5-3-11(21)7-10(18)8-15(22)16-12(18)4-6-19(2)13(16)9-14(20)17(19)23/h3,5,7,10,12-17,21-23H,4,6,8-9H2,1-2H3/t10-,12+,13+,14-,15+,16-,17+,18+,19+/m1/s1. The smallest absolute Gasteiger partial charge is 0.127 e. The number of fused-ring (bicyclic) bond motifs is 5. The average molecular weight is 322 g/mol. The van der Waals surface area contributed by atoms with E-state index in [4.69, 9.17) is 0 Å². The van der Waals surface area contributed by atoms with E-state index in [9.17, 15) is 19.7 Å². The number of alkyl halides is 1. The van der Waals surface area contributed by atoms with E-state index in [1.165, 1.54) is 0 Å². The minimum Gasteiger partial charge on any atom is -0.508 e. The van der Waals surface area contributed by atoms with Crippen molar-refractivity contribution in [2.24, 2.45) is 34.5 Å². The van der Waals surface area contributed by atoms with Crippen molar-refractivity contribution in [1.82, 2.24) is 0 Å². The summed E-state index contributed by atoms with van der Waals surface area (Å²) < 4.78 is 14.2. The summed E-state index contributed by atoms with van der Waals surface area (Å²) in [6, 6.07) is 0. The second kappa shape index (κ2) is 4.82. The zero-order valence-electron chi connectivity index (χ0n) is 13.8. The third kappa shape index (κ3) is 1.94. The first kappa shape index (κ1) is 15.6. The van der Waals surface area contributed by atoms with E-state index in [1.54, 1.807) is 6.08 Å². The molecule has 0 aromatic heterocycles. The van der Waals surface area contributed by atoms with Gasteiger partial charge in [0.25, 0.3) is 0 Å². The third-order valence-corrected chi connectivity index (χ3v) is 7.79. The summed E-state index contributed by atoms with van der Waals surface area (Å²) in [6.45, 7) is 4.21. The van der Waals surface area contributed by atoms with Gasteiger partial charge in [-0.3, -0.25) is 0 Å². The van der Waals surface area contributed by atoms with Crippen LogP contribution in [0.25, 0.3) is 0 Å². The summed E-state index contributed by atoms with van der Waals surface area (Å²) in [5.74, 6) is 0.738. The van der Waals surface area contributed by atoms with Crippen LogP contribution in [-0.4, -0.2) is 33.7 Å². The monoisotopic (exact) mass is 322 g/mol. The van der Waals surface area contributed by atoms with Crippen molar-refractivity contribution in [1.29, 1.82) is 0 Å². The molecule has 0 bridgehead atoms. The van der Waals surface area contributed by atoms with Crippen LogP contribution in [0, 0.1) is 34.5 Å². The summed E-state index contributed by atoms with van der Waals surface area (Å²) >= 11 is 0. The molecule has 23 heavy (non-hydrogen) atoms. The Labute approximate surface area is 136 Å². The van der Waals surface area contributed by atoms with E-state index < -0.39 is 23.8 Å². The second-order valence-corrected chi connectivity index (χ2v) is 8.73.